The van der Waals surface area contributed by atoms with Crippen molar-refractivity contribution in [1.82, 2.24) is 19.5 Å². The maximum atomic E-state index is 12.1. The molecule has 1 aromatic heterocycles. The highest BCUT2D eigenvalue weighted by Crippen LogP contribution is 2.10. The Kier molecular flexibility index (Phi) is 5.39. The molecule has 0 spiro atoms. The molecule has 9 heteroatoms. The second kappa shape index (κ2) is 6.89. The standard InChI is InChI=1S/C12H19ClN4O3S/c1-16-4-6-17(7-5-16)3-2-15-21(19,20)10-8-11(13)12(18)14-9-10/h8-9,15H,2-7H2,1H3,(H,14,18). The van der Waals surface area contributed by atoms with E-state index in [-0.39, 0.29) is 9.92 Å². The number of hydrogen-bond donors (Lipinski definition) is 2. The highest BCUT2D eigenvalue weighted by molar-refractivity contribution is 7.89. The first kappa shape index (κ1) is 16.4. The first-order chi connectivity index (χ1) is 9.88. The zero-order valence-corrected chi connectivity index (χ0v) is 13.4. The molecule has 21 heavy (non-hydrogen) atoms. The quantitative estimate of drug-likeness (QED) is 0.762. The molecule has 1 aliphatic rings. The van der Waals surface area contributed by atoms with Gasteiger partial charge < -0.3 is 9.88 Å². The highest BCUT2D eigenvalue weighted by atomic mass is 35.5. The smallest absolute Gasteiger partial charge is 0.266 e. The Hall–Kier alpha value is -0.930. The van der Waals surface area contributed by atoms with Crippen LogP contribution in [0.3, 0.4) is 0 Å². The van der Waals surface area contributed by atoms with E-state index in [2.05, 4.69) is 26.6 Å². The van der Waals surface area contributed by atoms with Gasteiger partial charge in [0.15, 0.2) is 0 Å². The van der Waals surface area contributed by atoms with Gasteiger partial charge in [-0.3, -0.25) is 9.69 Å². The van der Waals surface area contributed by atoms with Crippen LogP contribution in [0.25, 0.3) is 0 Å². The zero-order chi connectivity index (χ0) is 15.5. The van der Waals surface area contributed by atoms with Gasteiger partial charge in [0.25, 0.3) is 5.56 Å². The number of halogens is 1. The molecule has 0 aromatic carbocycles. The predicted molar refractivity (Wildman–Crippen MR) is 81.2 cm³/mol. The highest BCUT2D eigenvalue weighted by Gasteiger charge is 2.17. The molecule has 0 amide bonds. The second-order valence-corrected chi connectivity index (χ2v) is 7.23. The summed E-state index contributed by atoms with van der Waals surface area (Å²) in [5.74, 6) is 0. The Bertz CT molecular complexity index is 638. The third kappa shape index (κ3) is 4.52. The van der Waals surface area contributed by atoms with E-state index < -0.39 is 15.6 Å². The summed E-state index contributed by atoms with van der Waals surface area (Å²) < 4.78 is 26.7. The first-order valence-corrected chi connectivity index (χ1v) is 8.53. The summed E-state index contributed by atoms with van der Waals surface area (Å²) in [6.45, 7) is 4.82. The number of piperazine rings is 1. The van der Waals surface area contributed by atoms with Crippen LogP contribution >= 0.6 is 11.6 Å². The van der Waals surface area contributed by atoms with Gasteiger partial charge in [-0.1, -0.05) is 11.6 Å². The number of aromatic nitrogens is 1. The molecule has 0 aliphatic carbocycles. The van der Waals surface area contributed by atoms with Crippen LogP contribution in [-0.2, 0) is 10.0 Å². The van der Waals surface area contributed by atoms with Crippen molar-refractivity contribution in [3.63, 3.8) is 0 Å². The number of rotatable bonds is 5. The van der Waals surface area contributed by atoms with Crippen molar-refractivity contribution in [2.24, 2.45) is 0 Å². The van der Waals surface area contributed by atoms with Crippen molar-refractivity contribution in [2.45, 2.75) is 4.90 Å². The van der Waals surface area contributed by atoms with Gasteiger partial charge in [-0.15, -0.1) is 0 Å². The van der Waals surface area contributed by atoms with E-state index in [1.54, 1.807) is 0 Å². The summed E-state index contributed by atoms with van der Waals surface area (Å²) in [4.78, 5) is 17.8. The minimum atomic E-state index is -3.65. The Morgan fingerprint density at radius 2 is 2.00 bits per heavy atom. The van der Waals surface area contributed by atoms with Crippen LogP contribution in [0.5, 0.6) is 0 Å². The van der Waals surface area contributed by atoms with Crippen molar-refractivity contribution < 1.29 is 8.42 Å². The van der Waals surface area contributed by atoms with E-state index in [1.165, 1.54) is 0 Å². The van der Waals surface area contributed by atoms with E-state index in [9.17, 15) is 13.2 Å². The molecule has 2 rings (SSSR count). The number of nitrogens with zero attached hydrogens (tertiary/aromatic N) is 2. The lowest BCUT2D eigenvalue weighted by Crippen LogP contribution is -2.46. The molecule has 0 bridgehead atoms. The summed E-state index contributed by atoms with van der Waals surface area (Å²) in [6.07, 6.45) is 1.15. The number of nitrogens with one attached hydrogen (secondary N) is 2. The summed E-state index contributed by atoms with van der Waals surface area (Å²) in [5, 5.41) is -0.142. The number of hydrogen-bond acceptors (Lipinski definition) is 5. The molecule has 0 saturated carbocycles. The average Bonchev–Trinajstić information content (AvgIpc) is 2.44. The van der Waals surface area contributed by atoms with Gasteiger partial charge in [-0.05, 0) is 13.1 Å². The maximum absolute atomic E-state index is 12.1. The fourth-order valence-electron chi connectivity index (χ4n) is 2.09. The van der Waals surface area contributed by atoms with Gasteiger partial charge in [-0.2, -0.15) is 0 Å². The molecule has 7 nitrogen and oxygen atoms in total. The Morgan fingerprint density at radius 3 is 2.62 bits per heavy atom. The average molecular weight is 335 g/mol. The monoisotopic (exact) mass is 334 g/mol. The number of aromatic amines is 1. The lowest BCUT2D eigenvalue weighted by molar-refractivity contribution is 0.156. The minimum Gasteiger partial charge on any atom is -0.326 e. The predicted octanol–water partition coefficient (Wildman–Crippen LogP) is -0.446. The summed E-state index contributed by atoms with van der Waals surface area (Å²) in [7, 11) is -1.58. The van der Waals surface area contributed by atoms with E-state index in [1.807, 2.05) is 0 Å². The van der Waals surface area contributed by atoms with Crippen LogP contribution in [0.15, 0.2) is 22.0 Å². The molecule has 0 unspecified atom stereocenters. The fraction of sp³-hybridized carbons (Fsp3) is 0.583. The fourth-order valence-corrected chi connectivity index (χ4v) is 3.34. The summed E-state index contributed by atoms with van der Waals surface area (Å²) >= 11 is 5.64. The molecular weight excluding hydrogens is 316 g/mol. The molecule has 1 aromatic rings. The SMILES string of the molecule is CN1CCN(CCNS(=O)(=O)c2c[nH]c(=O)c(Cl)c2)CC1. The lowest BCUT2D eigenvalue weighted by atomic mass is 10.3. The Labute approximate surface area is 128 Å². The lowest BCUT2D eigenvalue weighted by Gasteiger charge is -2.32. The molecule has 1 saturated heterocycles. The first-order valence-electron chi connectivity index (χ1n) is 6.67. The van der Waals surface area contributed by atoms with E-state index in [0.29, 0.717) is 13.1 Å². The molecule has 2 heterocycles. The van der Waals surface area contributed by atoms with Crippen LogP contribution in [0.4, 0.5) is 0 Å². The third-order valence-electron chi connectivity index (χ3n) is 3.46. The van der Waals surface area contributed by atoms with Crippen molar-refractivity contribution in [3.8, 4) is 0 Å². The van der Waals surface area contributed by atoms with Crippen molar-refractivity contribution in [2.75, 3.05) is 46.3 Å². The third-order valence-corrected chi connectivity index (χ3v) is 5.18. The second-order valence-electron chi connectivity index (χ2n) is 5.06. The van der Waals surface area contributed by atoms with Crippen molar-refractivity contribution in [1.29, 1.82) is 0 Å². The van der Waals surface area contributed by atoms with Crippen LogP contribution < -0.4 is 10.3 Å². The van der Waals surface area contributed by atoms with Crippen LogP contribution in [0, 0.1) is 0 Å². The number of pyridine rings is 1. The molecule has 2 N–H and O–H groups in total. The topological polar surface area (TPSA) is 85.5 Å². The molecule has 118 valence electrons. The molecule has 1 aliphatic heterocycles. The van der Waals surface area contributed by atoms with Crippen LogP contribution in [0.2, 0.25) is 5.02 Å². The number of sulfonamides is 1. The van der Waals surface area contributed by atoms with E-state index in [0.717, 1.165) is 38.4 Å². The van der Waals surface area contributed by atoms with Crippen LogP contribution in [-0.4, -0.2) is 69.5 Å². The van der Waals surface area contributed by atoms with Gasteiger partial charge in [0.1, 0.15) is 5.02 Å². The van der Waals surface area contributed by atoms with Crippen molar-refractivity contribution >= 4 is 21.6 Å². The largest absolute Gasteiger partial charge is 0.326 e. The van der Waals surface area contributed by atoms with Gasteiger partial charge >= 0.3 is 0 Å². The van der Waals surface area contributed by atoms with Crippen LogP contribution in [0.1, 0.15) is 0 Å². The minimum absolute atomic E-state index is 0.0366. The molecule has 1 fully saturated rings. The molecule has 0 atom stereocenters. The Balaban J connectivity index is 1.89. The molecule has 0 radical (unpaired) electrons. The number of likely N-dealkylation sites (N-methyl/N-ethyl adjacent to an activating group) is 1. The Morgan fingerprint density at radius 1 is 1.33 bits per heavy atom. The van der Waals surface area contributed by atoms with E-state index in [4.69, 9.17) is 11.6 Å². The maximum Gasteiger partial charge on any atom is 0.266 e. The zero-order valence-electron chi connectivity index (χ0n) is 11.8. The van der Waals surface area contributed by atoms with Crippen molar-refractivity contribution in [3.05, 3.63) is 27.6 Å². The number of H-pyrrole nitrogens is 1. The molecular formula is C12H19ClN4O3S. The van der Waals surface area contributed by atoms with Gasteiger partial charge in [0.2, 0.25) is 10.0 Å². The normalized spacial score (nSPS) is 18.0. The van der Waals surface area contributed by atoms with E-state index >= 15 is 0 Å². The van der Waals surface area contributed by atoms with Gasteiger partial charge in [0.05, 0.1) is 4.90 Å². The summed E-state index contributed by atoms with van der Waals surface area (Å²) in [6, 6.07) is 1.15. The van der Waals surface area contributed by atoms with Gasteiger partial charge in [-0.25, -0.2) is 13.1 Å². The summed E-state index contributed by atoms with van der Waals surface area (Å²) in [5.41, 5.74) is -0.506. The van der Waals surface area contributed by atoms with Gasteiger partial charge in [0, 0.05) is 45.5 Å².